The highest BCUT2D eigenvalue weighted by atomic mass is 32.1. The molecule has 0 bridgehead atoms. The second-order valence-electron chi connectivity index (χ2n) is 7.41. The lowest BCUT2D eigenvalue weighted by molar-refractivity contribution is -0.384. The van der Waals surface area contributed by atoms with Crippen LogP contribution in [0.4, 0.5) is 5.69 Å². The van der Waals surface area contributed by atoms with Crippen LogP contribution in [0.2, 0.25) is 0 Å². The van der Waals surface area contributed by atoms with Gasteiger partial charge in [0, 0.05) is 35.9 Å². The van der Waals surface area contributed by atoms with Gasteiger partial charge >= 0.3 is 0 Å². The highest BCUT2D eigenvalue weighted by Gasteiger charge is 2.41. The summed E-state index contributed by atoms with van der Waals surface area (Å²) in [6.07, 6.45) is 5.35. The van der Waals surface area contributed by atoms with Crippen LogP contribution in [0.3, 0.4) is 0 Å². The molecule has 160 valence electrons. The van der Waals surface area contributed by atoms with E-state index in [2.05, 4.69) is 15.2 Å². The smallest absolute Gasteiger partial charge is 0.269 e. The molecule has 0 spiro atoms. The third kappa shape index (κ3) is 3.63. The van der Waals surface area contributed by atoms with E-state index in [1.54, 1.807) is 24.6 Å². The third-order valence-electron chi connectivity index (χ3n) is 5.53. The Balaban J connectivity index is 1.58. The Morgan fingerprint density at radius 1 is 1.09 bits per heavy atom. The normalized spacial score (nSPS) is 18.0. The molecule has 2 atom stereocenters. The van der Waals surface area contributed by atoms with Crippen LogP contribution in [-0.2, 0) is 6.54 Å². The molecule has 1 saturated heterocycles. The van der Waals surface area contributed by atoms with Crippen LogP contribution in [0.15, 0.2) is 89.8 Å². The van der Waals surface area contributed by atoms with E-state index >= 15 is 0 Å². The number of hydrogen-bond donors (Lipinski definition) is 1. The van der Waals surface area contributed by atoms with Gasteiger partial charge < -0.3 is 19.2 Å². The number of furan rings is 1. The van der Waals surface area contributed by atoms with Gasteiger partial charge in [-0.3, -0.25) is 15.1 Å². The third-order valence-corrected chi connectivity index (χ3v) is 5.88. The van der Waals surface area contributed by atoms with Crippen LogP contribution in [0.25, 0.3) is 5.69 Å². The van der Waals surface area contributed by atoms with E-state index in [0.717, 1.165) is 22.8 Å². The molecule has 1 aliphatic rings. The van der Waals surface area contributed by atoms with Gasteiger partial charge in [0.25, 0.3) is 5.69 Å². The van der Waals surface area contributed by atoms with Crippen molar-refractivity contribution < 1.29 is 9.34 Å². The van der Waals surface area contributed by atoms with E-state index in [1.807, 2.05) is 53.2 Å². The van der Waals surface area contributed by atoms with Gasteiger partial charge in [-0.2, -0.15) is 0 Å². The Bertz CT molecular complexity index is 1240. The molecule has 8 nitrogen and oxygen atoms in total. The molecule has 3 aromatic heterocycles. The van der Waals surface area contributed by atoms with Gasteiger partial charge in [0.05, 0.1) is 35.5 Å². The first-order valence-corrected chi connectivity index (χ1v) is 10.4. The molecule has 0 aliphatic carbocycles. The second-order valence-corrected chi connectivity index (χ2v) is 7.80. The molecule has 1 aliphatic heterocycles. The van der Waals surface area contributed by atoms with Crippen molar-refractivity contribution in [3.8, 4) is 5.69 Å². The van der Waals surface area contributed by atoms with Crippen molar-refractivity contribution in [3.05, 3.63) is 113 Å². The number of hydrogen-bond acceptors (Lipinski definition) is 5. The Morgan fingerprint density at radius 3 is 2.62 bits per heavy atom. The Morgan fingerprint density at radius 2 is 1.94 bits per heavy atom. The van der Waals surface area contributed by atoms with Gasteiger partial charge in [0.2, 0.25) is 0 Å². The van der Waals surface area contributed by atoms with Gasteiger partial charge in [-0.05, 0) is 60.7 Å². The number of nitro benzene ring substituents is 1. The number of benzene rings is 1. The first-order chi connectivity index (χ1) is 15.6. The predicted octanol–water partition coefficient (Wildman–Crippen LogP) is 4.55. The van der Waals surface area contributed by atoms with Gasteiger partial charge in [0.1, 0.15) is 5.76 Å². The molecule has 9 heteroatoms. The van der Waals surface area contributed by atoms with E-state index in [1.165, 1.54) is 12.1 Å². The van der Waals surface area contributed by atoms with Gasteiger partial charge in [-0.25, -0.2) is 0 Å². The van der Waals surface area contributed by atoms with Gasteiger partial charge in [-0.1, -0.05) is 6.07 Å². The summed E-state index contributed by atoms with van der Waals surface area (Å²) in [5.74, 6) is 0.800. The van der Waals surface area contributed by atoms with Crippen molar-refractivity contribution in [2.45, 2.75) is 18.6 Å². The van der Waals surface area contributed by atoms with Crippen LogP contribution >= 0.6 is 12.2 Å². The molecule has 1 aromatic carbocycles. The summed E-state index contributed by atoms with van der Waals surface area (Å²) < 4.78 is 7.61. The molecule has 32 heavy (non-hydrogen) atoms. The van der Waals surface area contributed by atoms with Gasteiger partial charge in [0.15, 0.2) is 5.11 Å². The Kier molecular flexibility index (Phi) is 5.16. The summed E-state index contributed by atoms with van der Waals surface area (Å²) in [5, 5.41) is 15.1. The van der Waals surface area contributed by atoms with E-state index in [-0.39, 0.29) is 17.8 Å². The maximum absolute atomic E-state index is 11.1. The number of aromatic nitrogens is 2. The second kappa shape index (κ2) is 8.27. The fraction of sp³-hybridized carbons (Fsp3) is 0.130. The molecule has 0 amide bonds. The quantitative estimate of drug-likeness (QED) is 0.265. The average Bonchev–Trinajstić information content (AvgIpc) is 3.56. The summed E-state index contributed by atoms with van der Waals surface area (Å²) in [4.78, 5) is 17.3. The highest BCUT2D eigenvalue weighted by molar-refractivity contribution is 7.80. The predicted molar refractivity (Wildman–Crippen MR) is 122 cm³/mol. The lowest BCUT2D eigenvalue weighted by atomic mass is 10.0. The lowest BCUT2D eigenvalue weighted by Gasteiger charge is -2.28. The molecule has 4 heterocycles. The van der Waals surface area contributed by atoms with Crippen molar-refractivity contribution in [3.63, 3.8) is 0 Å². The molecule has 0 radical (unpaired) electrons. The molecule has 4 aromatic rings. The fourth-order valence-electron chi connectivity index (χ4n) is 4.07. The zero-order chi connectivity index (χ0) is 22.1. The number of non-ortho nitro benzene ring substituents is 1. The van der Waals surface area contributed by atoms with E-state index in [0.29, 0.717) is 11.7 Å². The number of nitrogens with one attached hydrogen (secondary N) is 1. The zero-order valence-corrected chi connectivity index (χ0v) is 17.7. The summed E-state index contributed by atoms with van der Waals surface area (Å²) in [6, 6.07) is 19.7. The lowest BCUT2D eigenvalue weighted by Crippen LogP contribution is -2.29. The van der Waals surface area contributed by atoms with Crippen LogP contribution in [0, 0.1) is 10.1 Å². The first kappa shape index (κ1) is 20.0. The summed E-state index contributed by atoms with van der Waals surface area (Å²) in [5.41, 5.74) is 2.73. The summed E-state index contributed by atoms with van der Waals surface area (Å²) in [6.45, 7) is 0.498. The summed E-state index contributed by atoms with van der Waals surface area (Å²) in [7, 11) is 0. The monoisotopic (exact) mass is 445 g/mol. The minimum Gasteiger partial charge on any atom is -0.467 e. The minimum absolute atomic E-state index is 0.0528. The number of nitro groups is 1. The van der Waals surface area contributed by atoms with E-state index < -0.39 is 4.92 Å². The Hall–Kier alpha value is -3.98. The first-order valence-electron chi connectivity index (χ1n) is 10.0. The molecule has 0 saturated carbocycles. The number of thiocarbonyl (C=S) groups is 1. The van der Waals surface area contributed by atoms with Crippen LogP contribution in [0.5, 0.6) is 0 Å². The highest BCUT2D eigenvalue weighted by Crippen LogP contribution is 2.40. The zero-order valence-electron chi connectivity index (χ0n) is 16.9. The largest absolute Gasteiger partial charge is 0.467 e. The summed E-state index contributed by atoms with van der Waals surface area (Å²) >= 11 is 5.71. The molecular weight excluding hydrogens is 426 g/mol. The van der Waals surface area contributed by atoms with Crippen LogP contribution in [0.1, 0.15) is 29.2 Å². The van der Waals surface area contributed by atoms with Crippen LogP contribution in [-0.4, -0.2) is 24.5 Å². The van der Waals surface area contributed by atoms with E-state index in [9.17, 15) is 10.1 Å². The van der Waals surface area contributed by atoms with E-state index in [4.69, 9.17) is 16.6 Å². The number of pyridine rings is 1. The topological polar surface area (TPSA) is 89.4 Å². The fourth-order valence-corrected chi connectivity index (χ4v) is 4.38. The number of nitrogens with zero attached hydrogens (tertiary/aromatic N) is 4. The minimum atomic E-state index is -0.401. The van der Waals surface area contributed by atoms with Crippen molar-refractivity contribution in [2.24, 2.45) is 0 Å². The number of rotatable bonds is 6. The maximum atomic E-state index is 11.1. The molecule has 5 rings (SSSR count). The van der Waals surface area contributed by atoms with Crippen molar-refractivity contribution in [2.75, 3.05) is 0 Å². The standard InChI is InChI=1S/C23H19N5O3S/c29-28(30)17-10-8-16(9-11-17)26-13-3-7-20(26)22-21(19-6-1-2-12-24-19)25-23(32)27(22)15-18-5-4-14-31-18/h1-14,21-22H,15H2,(H,25,32)/t21-,22-/m1/s1. The van der Waals surface area contributed by atoms with Crippen LogP contribution < -0.4 is 5.32 Å². The molecule has 1 N–H and O–H groups in total. The maximum Gasteiger partial charge on any atom is 0.269 e. The van der Waals surface area contributed by atoms with Crippen molar-refractivity contribution in [1.29, 1.82) is 0 Å². The average molecular weight is 446 g/mol. The molecular formula is C23H19N5O3S. The van der Waals surface area contributed by atoms with Crippen molar-refractivity contribution >= 4 is 23.0 Å². The van der Waals surface area contributed by atoms with Gasteiger partial charge in [-0.15, -0.1) is 0 Å². The Labute approximate surface area is 189 Å². The SMILES string of the molecule is O=[N+]([O-])c1ccc(-n2cccc2[C@@H]2[C@@H](c3ccccn3)NC(=S)N2Cc2ccco2)cc1. The van der Waals surface area contributed by atoms with Crippen molar-refractivity contribution in [1.82, 2.24) is 19.8 Å². The molecule has 1 fully saturated rings. The molecule has 0 unspecified atom stereocenters.